The zero-order chi connectivity index (χ0) is 11.4. The van der Waals surface area contributed by atoms with E-state index in [0.29, 0.717) is 15.7 Å². The number of anilines is 2. The van der Waals surface area contributed by atoms with E-state index >= 15 is 0 Å². The van der Waals surface area contributed by atoms with Crippen LogP contribution in [0.1, 0.15) is 0 Å². The topological polar surface area (TPSA) is 29.3 Å². The summed E-state index contributed by atoms with van der Waals surface area (Å²) in [7, 11) is 1.99. The summed E-state index contributed by atoms with van der Waals surface area (Å²) in [5.41, 5.74) is 7.46. The molecule has 5 heteroatoms. The number of thioether (sulfide) groups is 1. The highest BCUT2D eigenvalue weighted by Gasteiger charge is 2.08. The third kappa shape index (κ3) is 3.37. The van der Waals surface area contributed by atoms with Crippen molar-refractivity contribution >= 4 is 46.3 Å². The molecule has 0 unspecified atom stereocenters. The summed E-state index contributed by atoms with van der Waals surface area (Å²) in [6.45, 7) is 0.934. The molecular formula is C10H14Cl2N2S. The number of hydrogen-bond acceptors (Lipinski definition) is 3. The van der Waals surface area contributed by atoms with Gasteiger partial charge in [-0.2, -0.15) is 11.8 Å². The fourth-order valence-corrected chi connectivity index (χ4v) is 2.02. The number of rotatable bonds is 4. The molecule has 1 aromatic rings. The third-order valence-corrected chi connectivity index (χ3v) is 3.42. The molecular weight excluding hydrogens is 251 g/mol. The molecule has 1 aromatic carbocycles. The standard InChI is InChI=1S/C10H14Cl2N2S/c1-14(3-4-15-2)10-6-8(12)7(11)5-9(10)13/h5-6H,3-4,13H2,1-2H3. The van der Waals surface area contributed by atoms with Gasteiger partial charge in [0, 0.05) is 19.3 Å². The van der Waals surface area contributed by atoms with Gasteiger partial charge in [0.25, 0.3) is 0 Å². The highest BCUT2D eigenvalue weighted by atomic mass is 35.5. The van der Waals surface area contributed by atoms with Crippen molar-refractivity contribution in [1.29, 1.82) is 0 Å². The Hall–Kier alpha value is -0.250. The first kappa shape index (κ1) is 12.8. The molecule has 2 N–H and O–H groups in total. The van der Waals surface area contributed by atoms with Gasteiger partial charge in [-0.1, -0.05) is 23.2 Å². The van der Waals surface area contributed by atoms with Crippen LogP contribution in [-0.2, 0) is 0 Å². The van der Waals surface area contributed by atoms with Gasteiger partial charge in [0.2, 0.25) is 0 Å². The van der Waals surface area contributed by atoms with Gasteiger partial charge in [-0.05, 0) is 18.4 Å². The van der Waals surface area contributed by atoms with Crippen LogP contribution in [0.15, 0.2) is 12.1 Å². The van der Waals surface area contributed by atoms with Crippen molar-refractivity contribution in [2.45, 2.75) is 0 Å². The van der Waals surface area contributed by atoms with Gasteiger partial charge in [0.15, 0.2) is 0 Å². The van der Waals surface area contributed by atoms with Crippen molar-refractivity contribution in [3.8, 4) is 0 Å². The minimum atomic E-state index is 0.496. The maximum Gasteiger partial charge on any atom is 0.0614 e. The lowest BCUT2D eigenvalue weighted by Crippen LogP contribution is -2.21. The molecule has 0 aliphatic carbocycles. The molecule has 15 heavy (non-hydrogen) atoms. The molecule has 0 heterocycles. The molecule has 0 amide bonds. The van der Waals surface area contributed by atoms with Crippen LogP contribution >= 0.6 is 35.0 Å². The molecule has 2 nitrogen and oxygen atoms in total. The minimum absolute atomic E-state index is 0.496. The highest BCUT2D eigenvalue weighted by Crippen LogP contribution is 2.32. The van der Waals surface area contributed by atoms with E-state index in [1.165, 1.54) is 0 Å². The molecule has 0 aliphatic heterocycles. The predicted molar refractivity (Wildman–Crippen MR) is 72.5 cm³/mol. The molecule has 0 spiro atoms. The second-order valence-corrected chi connectivity index (χ2v) is 5.04. The van der Waals surface area contributed by atoms with Gasteiger partial charge in [-0.25, -0.2) is 0 Å². The molecule has 0 aromatic heterocycles. The first-order valence-electron chi connectivity index (χ1n) is 4.51. The molecule has 0 saturated heterocycles. The average Bonchev–Trinajstić information content (AvgIpc) is 2.20. The molecule has 1 rings (SSSR count). The van der Waals surface area contributed by atoms with Crippen LogP contribution in [0, 0.1) is 0 Å². The summed E-state index contributed by atoms with van der Waals surface area (Å²) in [5, 5.41) is 1.04. The molecule has 0 aliphatic rings. The summed E-state index contributed by atoms with van der Waals surface area (Å²) < 4.78 is 0. The van der Waals surface area contributed by atoms with Crippen molar-refractivity contribution in [1.82, 2.24) is 0 Å². The normalized spacial score (nSPS) is 10.4. The minimum Gasteiger partial charge on any atom is -0.397 e. The molecule has 0 bridgehead atoms. The van der Waals surface area contributed by atoms with Gasteiger partial charge in [0.1, 0.15) is 0 Å². The van der Waals surface area contributed by atoms with E-state index in [2.05, 4.69) is 11.2 Å². The van der Waals surface area contributed by atoms with Crippen molar-refractivity contribution < 1.29 is 0 Å². The quantitative estimate of drug-likeness (QED) is 0.846. The van der Waals surface area contributed by atoms with Crippen LogP contribution in [0.3, 0.4) is 0 Å². The van der Waals surface area contributed by atoms with E-state index in [-0.39, 0.29) is 0 Å². The Morgan fingerprint density at radius 2 is 1.93 bits per heavy atom. The van der Waals surface area contributed by atoms with E-state index in [0.717, 1.165) is 18.0 Å². The maximum absolute atomic E-state index is 5.94. The van der Waals surface area contributed by atoms with Crippen LogP contribution in [0.5, 0.6) is 0 Å². The third-order valence-electron chi connectivity index (χ3n) is 2.11. The Bertz CT molecular complexity index is 344. The van der Waals surface area contributed by atoms with Crippen LogP contribution < -0.4 is 10.6 Å². The van der Waals surface area contributed by atoms with Crippen LogP contribution in [-0.4, -0.2) is 25.6 Å². The van der Waals surface area contributed by atoms with E-state index in [9.17, 15) is 0 Å². The maximum atomic E-state index is 5.94. The fraction of sp³-hybridized carbons (Fsp3) is 0.400. The van der Waals surface area contributed by atoms with E-state index < -0.39 is 0 Å². The van der Waals surface area contributed by atoms with Crippen molar-refractivity contribution in [3.05, 3.63) is 22.2 Å². The van der Waals surface area contributed by atoms with E-state index in [1.807, 2.05) is 7.05 Å². The summed E-state index contributed by atoms with van der Waals surface area (Å²) in [6.07, 6.45) is 2.08. The molecule has 0 atom stereocenters. The van der Waals surface area contributed by atoms with E-state index in [4.69, 9.17) is 28.9 Å². The number of nitrogen functional groups attached to an aromatic ring is 1. The number of halogens is 2. The molecule has 0 saturated carbocycles. The van der Waals surface area contributed by atoms with Gasteiger partial charge in [-0.3, -0.25) is 0 Å². The van der Waals surface area contributed by atoms with E-state index in [1.54, 1.807) is 23.9 Å². The lowest BCUT2D eigenvalue weighted by molar-refractivity contribution is 0.980. The lowest BCUT2D eigenvalue weighted by atomic mass is 10.2. The Labute approximate surface area is 105 Å². The van der Waals surface area contributed by atoms with Crippen LogP contribution in [0.25, 0.3) is 0 Å². The SMILES string of the molecule is CSCCN(C)c1cc(Cl)c(Cl)cc1N. The second-order valence-electron chi connectivity index (χ2n) is 3.24. The van der Waals surface area contributed by atoms with Crippen molar-refractivity contribution in [2.75, 3.05) is 36.2 Å². The summed E-state index contributed by atoms with van der Waals surface area (Å²) in [4.78, 5) is 2.08. The zero-order valence-electron chi connectivity index (χ0n) is 8.76. The number of benzene rings is 1. The molecule has 0 radical (unpaired) electrons. The summed E-state index contributed by atoms with van der Waals surface area (Å²) >= 11 is 13.6. The smallest absolute Gasteiger partial charge is 0.0614 e. The second kappa shape index (κ2) is 5.73. The first-order chi connectivity index (χ1) is 7.06. The largest absolute Gasteiger partial charge is 0.397 e. The van der Waals surface area contributed by atoms with Gasteiger partial charge >= 0.3 is 0 Å². The summed E-state index contributed by atoms with van der Waals surface area (Å²) in [5.74, 6) is 1.05. The number of hydrogen-bond donors (Lipinski definition) is 1. The Kier molecular flexibility index (Phi) is 4.90. The Morgan fingerprint density at radius 3 is 2.53 bits per heavy atom. The Morgan fingerprint density at radius 1 is 1.33 bits per heavy atom. The molecule has 0 fully saturated rings. The average molecular weight is 265 g/mol. The van der Waals surface area contributed by atoms with Gasteiger partial charge in [0.05, 0.1) is 21.4 Å². The highest BCUT2D eigenvalue weighted by molar-refractivity contribution is 7.98. The lowest BCUT2D eigenvalue weighted by Gasteiger charge is -2.21. The van der Waals surface area contributed by atoms with Crippen LogP contribution in [0.4, 0.5) is 11.4 Å². The van der Waals surface area contributed by atoms with Crippen molar-refractivity contribution in [3.63, 3.8) is 0 Å². The number of nitrogens with two attached hydrogens (primary N) is 1. The zero-order valence-corrected chi connectivity index (χ0v) is 11.1. The van der Waals surface area contributed by atoms with Crippen molar-refractivity contribution in [2.24, 2.45) is 0 Å². The molecule has 84 valence electrons. The predicted octanol–water partition coefficient (Wildman–Crippen LogP) is 3.37. The number of nitrogens with zero attached hydrogens (tertiary/aromatic N) is 1. The van der Waals surface area contributed by atoms with Crippen LogP contribution in [0.2, 0.25) is 10.0 Å². The monoisotopic (exact) mass is 264 g/mol. The van der Waals surface area contributed by atoms with Gasteiger partial charge < -0.3 is 10.6 Å². The van der Waals surface area contributed by atoms with Gasteiger partial charge in [-0.15, -0.1) is 0 Å². The first-order valence-corrected chi connectivity index (χ1v) is 6.66. The Balaban J connectivity index is 2.88. The summed E-state index contributed by atoms with van der Waals surface area (Å²) in [6, 6.07) is 3.49. The fourth-order valence-electron chi connectivity index (χ4n) is 1.23.